The highest BCUT2D eigenvalue weighted by atomic mass is 16.5. The Morgan fingerprint density at radius 3 is 2.94 bits per heavy atom. The Kier molecular flexibility index (Phi) is 5.86. The number of unbranched alkanes of at least 4 members (excludes halogenated alkanes) is 1. The van der Waals surface area contributed by atoms with Crippen LogP contribution in [0.5, 0.6) is 0 Å². The molecular formula is C13H22N2O. The Labute approximate surface area is 98.2 Å². The lowest BCUT2D eigenvalue weighted by atomic mass is 10.1. The molecular weight excluding hydrogens is 200 g/mol. The molecule has 1 N–H and O–H groups in total. The number of pyridine rings is 1. The minimum atomic E-state index is 0.382. The molecule has 3 nitrogen and oxygen atoms in total. The Balaban J connectivity index is 2.56. The molecule has 0 aliphatic rings. The number of aryl methyl sites for hydroxylation is 1. The van der Waals surface area contributed by atoms with Crippen LogP contribution >= 0.6 is 0 Å². The second kappa shape index (κ2) is 7.23. The molecule has 0 amide bonds. The van der Waals surface area contributed by atoms with Gasteiger partial charge in [0, 0.05) is 19.3 Å². The summed E-state index contributed by atoms with van der Waals surface area (Å²) in [7, 11) is 1.75. The predicted octanol–water partition coefficient (Wildman–Crippen LogP) is 3.01. The van der Waals surface area contributed by atoms with Gasteiger partial charge in [0.2, 0.25) is 0 Å². The van der Waals surface area contributed by atoms with E-state index in [0.717, 1.165) is 18.7 Å². The summed E-state index contributed by atoms with van der Waals surface area (Å²) in [4.78, 5) is 4.14. The number of hydrogen-bond acceptors (Lipinski definition) is 3. The molecule has 1 unspecified atom stereocenters. The van der Waals surface area contributed by atoms with Gasteiger partial charge in [0.05, 0.1) is 18.5 Å². The maximum absolute atomic E-state index is 5.23. The number of hydrogen-bond donors (Lipinski definition) is 1. The number of methoxy groups -OCH3 is 1. The summed E-state index contributed by atoms with van der Waals surface area (Å²) in [6.07, 6.45) is 7.27. The second-order valence-electron chi connectivity index (χ2n) is 4.13. The lowest BCUT2D eigenvalue weighted by Gasteiger charge is -2.19. The number of rotatable bonds is 7. The summed E-state index contributed by atoms with van der Waals surface area (Å²) in [5, 5.41) is 3.50. The van der Waals surface area contributed by atoms with Gasteiger partial charge >= 0.3 is 0 Å². The average molecular weight is 222 g/mol. The van der Waals surface area contributed by atoms with E-state index < -0.39 is 0 Å². The summed E-state index contributed by atoms with van der Waals surface area (Å²) in [6.45, 7) is 5.04. The van der Waals surface area contributed by atoms with E-state index in [4.69, 9.17) is 4.74 Å². The van der Waals surface area contributed by atoms with Crippen LogP contribution in [0.15, 0.2) is 18.5 Å². The van der Waals surface area contributed by atoms with Gasteiger partial charge in [-0.15, -0.1) is 0 Å². The normalized spacial score (nSPS) is 12.4. The molecule has 1 heterocycles. The fraction of sp³-hybridized carbons (Fsp3) is 0.615. The van der Waals surface area contributed by atoms with E-state index in [1.807, 2.05) is 18.5 Å². The van der Waals surface area contributed by atoms with Gasteiger partial charge in [0.15, 0.2) is 0 Å². The van der Waals surface area contributed by atoms with E-state index in [0.29, 0.717) is 6.04 Å². The SMILES string of the molecule is CCCCC(COC)Nc1cnccc1C. The first-order valence-corrected chi connectivity index (χ1v) is 5.94. The van der Waals surface area contributed by atoms with Crippen LogP contribution < -0.4 is 5.32 Å². The molecule has 0 aromatic carbocycles. The van der Waals surface area contributed by atoms with Crippen LogP contribution in [0, 0.1) is 6.92 Å². The lowest BCUT2D eigenvalue weighted by Crippen LogP contribution is -2.25. The van der Waals surface area contributed by atoms with E-state index in [-0.39, 0.29) is 0 Å². The molecule has 16 heavy (non-hydrogen) atoms. The fourth-order valence-corrected chi connectivity index (χ4v) is 1.68. The standard InChI is InChI=1S/C13H22N2O/c1-4-5-6-12(10-16-3)15-13-9-14-8-7-11(13)2/h7-9,12,15H,4-6,10H2,1-3H3. The van der Waals surface area contributed by atoms with E-state index in [1.54, 1.807) is 7.11 Å². The van der Waals surface area contributed by atoms with Crippen molar-refractivity contribution < 1.29 is 4.74 Å². The maximum atomic E-state index is 5.23. The molecule has 1 aromatic heterocycles. The van der Waals surface area contributed by atoms with Crippen LogP contribution in [0.25, 0.3) is 0 Å². The summed E-state index contributed by atoms with van der Waals surface area (Å²) in [5.74, 6) is 0. The highest BCUT2D eigenvalue weighted by Crippen LogP contribution is 2.15. The molecule has 90 valence electrons. The Morgan fingerprint density at radius 2 is 2.31 bits per heavy atom. The van der Waals surface area contributed by atoms with Gasteiger partial charge < -0.3 is 10.1 Å². The van der Waals surface area contributed by atoms with E-state index >= 15 is 0 Å². The van der Waals surface area contributed by atoms with Crippen LogP contribution in [0.3, 0.4) is 0 Å². The second-order valence-corrected chi connectivity index (χ2v) is 4.13. The topological polar surface area (TPSA) is 34.1 Å². The number of aromatic nitrogens is 1. The minimum absolute atomic E-state index is 0.382. The van der Waals surface area contributed by atoms with Crippen LogP contribution in [-0.2, 0) is 4.74 Å². The van der Waals surface area contributed by atoms with Gasteiger partial charge in [0.1, 0.15) is 0 Å². The number of nitrogens with zero attached hydrogens (tertiary/aromatic N) is 1. The van der Waals surface area contributed by atoms with Crippen molar-refractivity contribution in [1.29, 1.82) is 0 Å². The van der Waals surface area contributed by atoms with Crippen LogP contribution in [0.2, 0.25) is 0 Å². The zero-order chi connectivity index (χ0) is 11.8. The summed E-state index contributed by atoms with van der Waals surface area (Å²) < 4.78 is 5.23. The molecule has 3 heteroatoms. The van der Waals surface area contributed by atoms with E-state index in [9.17, 15) is 0 Å². The number of nitrogens with one attached hydrogen (secondary N) is 1. The molecule has 1 rings (SSSR count). The van der Waals surface area contributed by atoms with Crippen molar-refractivity contribution in [3.05, 3.63) is 24.0 Å². The van der Waals surface area contributed by atoms with Gasteiger partial charge in [-0.2, -0.15) is 0 Å². The largest absolute Gasteiger partial charge is 0.383 e. The van der Waals surface area contributed by atoms with Gasteiger partial charge in [0.25, 0.3) is 0 Å². The van der Waals surface area contributed by atoms with Crippen LogP contribution in [0.1, 0.15) is 31.7 Å². The quantitative estimate of drug-likeness (QED) is 0.770. The van der Waals surface area contributed by atoms with E-state index in [2.05, 4.69) is 24.1 Å². The molecule has 1 atom stereocenters. The van der Waals surface area contributed by atoms with Crippen molar-refractivity contribution in [2.75, 3.05) is 19.0 Å². The first-order chi connectivity index (χ1) is 7.77. The molecule has 0 spiro atoms. The maximum Gasteiger partial charge on any atom is 0.0664 e. The van der Waals surface area contributed by atoms with Gasteiger partial charge in [-0.3, -0.25) is 4.98 Å². The van der Waals surface area contributed by atoms with Crippen molar-refractivity contribution in [3.8, 4) is 0 Å². The fourth-order valence-electron chi connectivity index (χ4n) is 1.68. The summed E-state index contributed by atoms with van der Waals surface area (Å²) in [5.41, 5.74) is 2.34. The third-order valence-corrected chi connectivity index (χ3v) is 2.67. The monoisotopic (exact) mass is 222 g/mol. The first-order valence-electron chi connectivity index (χ1n) is 5.94. The smallest absolute Gasteiger partial charge is 0.0664 e. The van der Waals surface area contributed by atoms with Crippen molar-refractivity contribution in [3.63, 3.8) is 0 Å². The zero-order valence-corrected chi connectivity index (χ0v) is 10.5. The lowest BCUT2D eigenvalue weighted by molar-refractivity contribution is 0.182. The van der Waals surface area contributed by atoms with Crippen molar-refractivity contribution in [2.24, 2.45) is 0 Å². The highest BCUT2D eigenvalue weighted by Gasteiger charge is 2.08. The number of anilines is 1. The molecule has 0 bridgehead atoms. The molecule has 0 aliphatic heterocycles. The zero-order valence-electron chi connectivity index (χ0n) is 10.5. The van der Waals surface area contributed by atoms with Crippen molar-refractivity contribution in [2.45, 2.75) is 39.2 Å². The van der Waals surface area contributed by atoms with Gasteiger partial charge in [-0.05, 0) is 25.0 Å². The van der Waals surface area contributed by atoms with Crippen molar-refractivity contribution >= 4 is 5.69 Å². The predicted molar refractivity (Wildman–Crippen MR) is 67.8 cm³/mol. The van der Waals surface area contributed by atoms with Crippen LogP contribution in [-0.4, -0.2) is 24.7 Å². The summed E-state index contributed by atoms with van der Waals surface area (Å²) in [6, 6.07) is 2.40. The molecule has 0 fully saturated rings. The third-order valence-electron chi connectivity index (χ3n) is 2.67. The molecule has 0 aliphatic carbocycles. The summed E-state index contributed by atoms with van der Waals surface area (Å²) >= 11 is 0. The molecule has 1 aromatic rings. The average Bonchev–Trinajstić information content (AvgIpc) is 2.29. The van der Waals surface area contributed by atoms with Gasteiger partial charge in [-0.25, -0.2) is 0 Å². The van der Waals surface area contributed by atoms with Crippen molar-refractivity contribution in [1.82, 2.24) is 4.98 Å². The molecule has 0 saturated carbocycles. The molecule has 0 radical (unpaired) electrons. The van der Waals surface area contributed by atoms with Gasteiger partial charge in [-0.1, -0.05) is 19.8 Å². The van der Waals surface area contributed by atoms with Crippen LogP contribution in [0.4, 0.5) is 5.69 Å². The minimum Gasteiger partial charge on any atom is -0.383 e. The number of ether oxygens (including phenoxy) is 1. The Bertz CT molecular complexity index is 302. The highest BCUT2D eigenvalue weighted by molar-refractivity contribution is 5.48. The Morgan fingerprint density at radius 1 is 1.50 bits per heavy atom. The molecule has 0 saturated heterocycles. The Hall–Kier alpha value is -1.09. The third kappa shape index (κ3) is 4.19. The first kappa shape index (κ1) is 13.0. The van der Waals surface area contributed by atoms with E-state index in [1.165, 1.54) is 18.4 Å².